The van der Waals surface area contributed by atoms with Crippen molar-refractivity contribution in [3.63, 3.8) is 0 Å². The normalized spacial score (nSPS) is 11.7. The molecule has 0 aliphatic heterocycles. The smallest absolute Gasteiger partial charge is 0.267 e. The molecule has 0 saturated carbocycles. The number of benzene rings is 1. The van der Waals surface area contributed by atoms with E-state index in [1.165, 1.54) is 30.7 Å². The van der Waals surface area contributed by atoms with Crippen molar-refractivity contribution >= 4 is 12.1 Å². The standard InChI is InChI=1S/C17H12F3N5O/c18-17(19,20)15-14(11-23-25(15)13-4-2-1-3-5-13)16(26)24-22-10-12-6-8-21-9-7-12/h1-11H,(H,24,26). The number of alkyl halides is 3. The molecule has 0 saturated heterocycles. The van der Waals surface area contributed by atoms with Crippen LogP contribution >= 0.6 is 0 Å². The predicted molar refractivity (Wildman–Crippen MR) is 87.9 cm³/mol. The van der Waals surface area contributed by atoms with Crippen LogP contribution in [0.5, 0.6) is 0 Å². The summed E-state index contributed by atoms with van der Waals surface area (Å²) in [4.78, 5) is 16.0. The number of para-hydroxylation sites is 1. The van der Waals surface area contributed by atoms with Gasteiger partial charge in [0, 0.05) is 12.4 Å². The van der Waals surface area contributed by atoms with Crippen molar-refractivity contribution < 1.29 is 18.0 Å². The molecule has 0 atom stereocenters. The van der Waals surface area contributed by atoms with Gasteiger partial charge in [-0.3, -0.25) is 9.78 Å². The average molecular weight is 359 g/mol. The van der Waals surface area contributed by atoms with E-state index >= 15 is 0 Å². The van der Waals surface area contributed by atoms with Gasteiger partial charge >= 0.3 is 6.18 Å². The number of pyridine rings is 1. The van der Waals surface area contributed by atoms with Crippen molar-refractivity contribution in [2.45, 2.75) is 6.18 Å². The second-order valence-electron chi connectivity index (χ2n) is 5.13. The lowest BCUT2D eigenvalue weighted by Crippen LogP contribution is -2.23. The van der Waals surface area contributed by atoms with Crippen LogP contribution in [-0.4, -0.2) is 26.9 Å². The molecule has 0 fully saturated rings. The summed E-state index contributed by atoms with van der Waals surface area (Å²) in [5, 5.41) is 7.38. The summed E-state index contributed by atoms with van der Waals surface area (Å²) in [6, 6.07) is 11.0. The molecule has 3 rings (SSSR count). The van der Waals surface area contributed by atoms with Crippen LogP contribution in [0.25, 0.3) is 5.69 Å². The topological polar surface area (TPSA) is 72.2 Å². The Labute approximate surface area is 146 Å². The summed E-state index contributed by atoms with van der Waals surface area (Å²) in [6.07, 6.45) is 0.444. The fraction of sp³-hybridized carbons (Fsp3) is 0.0588. The third-order valence-electron chi connectivity index (χ3n) is 3.37. The molecule has 0 aliphatic carbocycles. The number of aromatic nitrogens is 3. The van der Waals surface area contributed by atoms with Crippen molar-refractivity contribution in [1.82, 2.24) is 20.2 Å². The Bertz CT molecular complexity index is 921. The van der Waals surface area contributed by atoms with Crippen molar-refractivity contribution in [2.75, 3.05) is 0 Å². The van der Waals surface area contributed by atoms with Crippen molar-refractivity contribution in [2.24, 2.45) is 5.10 Å². The summed E-state index contributed by atoms with van der Waals surface area (Å²) in [5.41, 5.74) is 1.13. The number of carbonyl (C=O) groups is 1. The van der Waals surface area contributed by atoms with Crippen LogP contribution in [0.3, 0.4) is 0 Å². The maximum Gasteiger partial charge on any atom is 0.434 e. The average Bonchev–Trinajstić information content (AvgIpc) is 3.09. The van der Waals surface area contributed by atoms with Gasteiger partial charge in [0.2, 0.25) is 0 Å². The fourth-order valence-electron chi connectivity index (χ4n) is 2.23. The van der Waals surface area contributed by atoms with E-state index in [2.05, 4.69) is 20.6 Å². The fourth-order valence-corrected chi connectivity index (χ4v) is 2.23. The maximum absolute atomic E-state index is 13.5. The van der Waals surface area contributed by atoms with E-state index in [0.29, 0.717) is 10.2 Å². The Balaban J connectivity index is 1.89. The lowest BCUT2D eigenvalue weighted by atomic mass is 10.2. The van der Waals surface area contributed by atoms with Gasteiger partial charge in [0.25, 0.3) is 5.91 Å². The van der Waals surface area contributed by atoms with Gasteiger partial charge in [-0.25, -0.2) is 10.1 Å². The summed E-state index contributed by atoms with van der Waals surface area (Å²) in [6.45, 7) is 0. The molecule has 9 heteroatoms. The summed E-state index contributed by atoms with van der Waals surface area (Å²) >= 11 is 0. The molecule has 1 aromatic carbocycles. The number of halogens is 3. The summed E-state index contributed by atoms with van der Waals surface area (Å²) in [5.74, 6) is -1.01. The Morgan fingerprint density at radius 1 is 1.12 bits per heavy atom. The second-order valence-corrected chi connectivity index (χ2v) is 5.13. The highest BCUT2D eigenvalue weighted by Gasteiger charge is 2.40. The van der Waals surface area contributed by atoms with Gasteiger partial charge in [-0.1, -0.05) is 18.2 Å². The number of hydrazone groups is 1. The Morgan fingerprint density at radius 3 is 2.46 bits per heavy atom. The van der Waals surface area contributed by atoms with E-state index in [0.717, 1.165) is 6.20 Å². The van der Waals surface area contributed by atoms with E-state index in [-0.39, 0.29) is 5.69 Å². The first-order valence-electron chi connectivity index (χ1n) is 7.41. The first kappa shape index (κ1) is 17.3. The number of hydrogen-bond donors (Lipinski definition) is 1. The van der Waals surface area contributed by atoms with Gasteiger partial charge in [-0.15, -0.1) is 0 Å². The monoisotopic (exact) mass is 359 g/mol. The zero-order valence-corrected chi connectivity index (χ0v) is 13.2. The predicted octanol–water partition coefficient (Wildman–Crippen LogP) is 3.05. The molecule has 0 unspecified atom stereocenters. The van der Waals surface area contributed by atoms with Gasteiger partial charge in [0.15, 0.2) is 5.69 Å². The number of nitrogens with one attached hydrogen (secondary N) is 1. The molecule has 0 radical (unpaired) electrons. The quantitative estimate of drug-likeness (QED) is 0.575. The molecule has 0 aliphatic rings. The number of hydrogen-bond acceptors (Lipinski definition) is 4. The lowest BCUT2D eigenvalue weighted by Gasteiger charge is -2.12. The highest BCUT2D eigenvalue weighted by Crippen LogP contribution is 2.33. The third kappa shape index (κ3) is 3.77. The van der Waals surface area contributed by atoms with Gasteiger partial charge in [0.1, 0.15) is 0 Å². The van der Waals surface area contributed by atoms with E-state index in [1.807, 2.05) is 0 Å². The first-order chi connectivity index (χ1) is 12.5. The zero-order valence-electron chi connectivity index (χ0n) is 13.2. The van der Waals surface area contributed by atoms with E-state index in [9.17, 15) is 18.0 Å². The molecule has 2 aromatic heterocycles. The van der Waals surface area contributed by atoms with Crippen molar-refractivity contribution in [3.8, 4) is 5.69 Å². The largest absolute Gasteiger partial charge is 0.434 e. The highest BCUT2D eigenvalue weighted by molar-refractivity contribution is 5.96. The van der Waals surface area contributed by atoms with Gasteiger partial charge in [0.05, 0.1) is 23.7 Å². The van der Waals surface area contributed by atoms with Crippen LogP contribution in [0.2, 0.25) is 0 Å². The number of rotatable bonds is 4. The summed E-state index contributed by atoms with van der Waals surface area (Å²) in [7, 11) is 0. The third-order valence-corrected chi connectivity index (χ3v) is 3.37. The first-order valence-corrected chi connectivity index (χ1v) is 7.41. The molecule has 0 spiro atoms. The minimum absolute atomic E-state index is 0.194. The molecule has 1 N–H and O–H groups in total. The molecule has 3 aromatic rings. The zero-order chi connectivity index (χ0) is 18.6. The van der Waals surface area contributed by atoms with Crippen LogP contribution in [-0.2, 0) is 6.18 Å². The van der Waals surface area contributed by atoms with Gasteiger partial charge < -0.3 is 0 Å². The summed E-state index contributed by atoms with van der Waals surface area (Å²) < 4.78 is 41.1. The second kappa shape index (κ2) is 7.18. The molecule has 0 bridgehead atoms. The number of nitrogens with zero attached hydrogens (tertiary/aromatic N) is 4. The lowest BCUT2D eigenvalue weighted by molar-refractivity contribution is -0.143. The Kier molecular flexibility index (Phi) is 4.78. The van der Waals surface area contributed by atoms with Crippen molar-refractivity contribution in [1.29, 1.82) is 0 Å². The van der Waals surface area contributed by atoms with Gasteiger partial charge in [-0.2, -0.15) is 23.4 Å². The minimum atomic E-state index is -4.77. The van der Waals surface area contributed by atoms with E-state index in [1.54, 1.807) is 30.3 Å². The number of carbonyl (C=O) groups excluding carboxylic acids is 1. The van der Waals surface area contributed by atoms with Crippen LogP contribution in [0.1, 0.15) is 21.6 Å². The maximum atomic E-state index is 13.5. The Morgan fingerprint density at radius 2 is 1.81 bits per heavy atom. The van der Waals surface area contributed by atoms with Gasteiger partial charge in [-0.05, 0) is 29.8 Å². The minimum Gasteiger partial charge on any atom is -0.267 e. The molecule has 1 amide bonds. The molecular weight excluding hydrogens is 347 g/mol. The van der Waals surface area contributed by atoms with Crippen LogP contribution in [0.15, 0.2) is 66.2 Å². The van der Waals surface area contributed by atoms with Crippen LogP contribution in [0, 0.1) is 0 Å². The van der Waals surface area contributed by atoms with Crippen LogP contribution in [0.4, 0.5) is 13.2 Å². The Hall–Kier alpha value is -3.49. The van der Waals surface area contributed by atoms with E-state index < -0.39 is 23.3 Å². The molecule has 6 nitrogen and oxygen atoms in total. The molecule has 26 heavy (non-hydrogen) atoms. The molecule has 2 heterocycles. The van der Waals surface area contributed by atoms with Crippen LogP contribution < -0.4 is 5.43 Å². The van der Waals surface area contributed by atoms with E-state index in [4.69, 9.17) is 0 Å². The highest BCUT2D eigenvalue weighted by atomic mass is 19.4. The SMILES string of the molecule is O=C(NN=Cc1ccncc1)c1cnn(-c2ccccc2)c1C(F)(F)F. The molecular formula is C17H12F3N5O. The van der Waals surface area contributed by atoms with Crippen molar-refractivity contribution in [3.05, 3.63) is 77.9 Å². The number of amides is 1. The molecule has 132 valence electrons.